The molecule has 0 N–H and O–H groups in total. The zero-order valence-electron chi connectivity index (χ0n) is 12.7. The van der Waals surface area contributed by atoms with Crippen LogP contribution in [0.2, 0.25) is 5.15 Å². The van der Waals surface area contributed by atoms with Gasteiger partial charge in [0.15, 0.2) is 0 Å². The monoisotopic (exact) mass is 307 g/mol. The van der Waals surface area contributed by atoms with Crippen molar-refractivity contribution in [2.75, 3.05) is 11.9 Å². The summed E-state index contributed by atoms with van der Waals surface area (Å²) < 4.78 is 12.9. The van der Waals surface area contributed by atoms with Gasteiger partial charge in [-0.2, -0.15) is 0 Å². The first-order chi connectivity index (χ1) is 9.75. The number of hydrogen-bond acceptors (Lipinski definition) is 3. The van der Waals surface area contributed by atoms with Gasteiger partial charge < -0.3 is 4.90 Å². The van der Waals surface area contributed by atoms with E-state index >= 15 is 0 Å². The van der Waals surface area contributed by atoms with E-state index in [0.717, 1.165) is 11.4 Å². The Morgan fingerprint density at radius 1 is 1.14 bits per heavy atom. The molecule has 0 spiro atoms. The zero-order chi connectivity index (χ0) is 15.6. The lowest BCUT2D eigenvalue weighted by atomic mass is 9.96. The summed E-state index contributed by atoms with van der Waals surface area (Å²) in [4.78, 5) is 10.8. The van der Waals surface area contributed by atoms with Gasteiger partial charge >= 0.3 is 0 Å². The van der Waals surface area contributed by atoms with Crippen molar-refractivity contribution in [3.8, 4) is 0 Å². The van der Waals surface area contributed by atoms with E-state index in [4.69, 9.17) is 11.6 Å². The van der Waals surface area contributed by atoms with Crippen molar-refractivity contribution in [3.05, 3.63) is 52.7 Å². The highest BCUT2D eigenvalue weighted by Gasteiger charge is 2.19. The van der Waals surface area contributed by atoms with Crippen molar-refractivity contribution >= 4 is 17.4 Å². The summed E-state index contributed by atoms with van der Waals surface area (Å²) >= 11 is 6.10. The number of aromatic nitrogens is 2. The molecule has 0 radical (unpaired) electrons. The molecule has 1 aromatic heterocycles. The highest BCUT2D eigenvalue weighted by molar-refractivity contribution is 6.29. The number of benzene rings is 1. The SMILES string of the molecule is CN(Cc1ccc(F)cc1)c1cc(Cl)nc(C(C)(C)C)n1. The summed E-state index contributed by atoms with van der Waals surface area (Å²) in [5.41, 5.74) is 0.835. The summed E-state index contributed by atoms with van der Waals surface area (Å²) in [6, 6.07) is 8.17. The van der Waals surface area contributed by atoms with E-state index in [-0.39, 0.29) is 11.2 Å². The Hall–Kier alpha value is -1.68. The van der Waals surface area contributed by atoms with Crippen LogP contribution < -0.4 is 4.90 Å². The largest absolute Gasteiger partial charge is 0.355 e. The minimum Gasteiger partial charge on any atom is -0.355 e. The minimum atomic E-state index is -0.235. The highest BCUT2D eigenvalue weighted by atomic mass is 35.5. The Morgan fingerprint density at radius 2 is 1.76 bits per heavy atom. The molecule has 0 unspecified atom stereocenters. The van der Waals surface area contributed by atoms with Gasteiger partial charge in [-0.3, -0.25) is 0 Å². The first kappa shape index (κ1) is 15.7. The van der Waals surface area contributed by atoms with E-state index in [1.54, 1.807) is 18.2 Å². The average molecular weight is 308 g/mol. The van der Waals surface area contributed by atoms with E-state index in [9.17, 15) is 4.39 Å². The van der Waals surface area contributed by atoms with Gasteiger partial charge in [-0.25, -0.2) is 14.4 Å². The molecule has 0 aliphatic heterocycles. The smallest absolute Gasteiger partial charge is 0.137 e. The fourth-order valence-electron chi connectivity index (χ4n) is 1.88. The molecule has 0 atom stereocenters. The maximum Gasteiger partial charge on any atom is 0.137 e. The fraction of sp³-hybridized carbons (Fsp3) is 0.375. The average Bonchev–Trinajstić information content (AvgIpc) is 2.39. The van der Waals surface area contributed by atoms with E-state index in [1.165, 1.54) is 12.1 Å². The maximum absolute atomic E-state index is 12.9. The van der Waals surface area contributed by atoms with Crippen molar-refractivity contribution in [2.45, 2.75) is 32.7 Å². The number of rotatable bonds is 3. The van der Waals surface area contributed by atoms with Gasteiger partial charge in [-0.1, -0.05) is 44.5 Å². The third-order valence-electron chi connectivity index (χ3n) is 3.08. The molecule has 5 heteroatoms. The predicted molar refractivity (Wildman–Crippen MR) is 84.2 cm³/mol. The highest BCUT2D eigenvalue weighted by Crippen LogP contribution is 2.24. The fourth-order valence-corrected chi connectivity index (χ4v) is 2.06. The van der Waals surface area contributed by atoms with Crippen molar-refractivity contribution in [3.63, 3.8) is 0 Å². The topological polar surface area (TPSA) is 29.0 Å². The molecule has 0 aliphatic carbocycles. The lowest BCUT2D eigenvalue weighted by Gasteiger charge is -2.22. The van der Waals surface area contributed by atoms with E-state index in [1.807, 2.05) is 32.7 Å². The Morgan fingerprint density at radius 3 is 2.33 bits per heavy atom. The van der Waals surface area contributed by atoms with Gasteiger partial charge in [-0.15, -0.1) is 0 Å². The van der Waals surface area contributed by atoms with Crippen LogP contribution in [-0.2, 0) is 12.0 Å². The molecular formula is C16H19ClFN3. The van der Waals surface area contributed by atoms with Gasteiger partial charge in [0.1, 0.15) is 22.6 Å². The van der Waals surface area contributed by atoms with Crippen molar-refractivity contribution < 1.29 is 4.39 Å². The molecule has 0 bridgehead atoms. The molecule has 1 heterocycles. The van der Waals surface area contributed by atoms with Crippen LogP contribution in [0.4, 0.5) is 10.2 Å². The molecule has 1 aromatic carbocycles. The third-order valence-corrected chi connectivity index (χ3v) is 3.27. The second-order valence-electron chi connectivity index (χ2n) is 6.11. The predicted octanol–water partition coefficient (Wildman–Crippen LogP) is 4.20. The van der Waals surface area contributed by atoms with Crippen molar-refractivity contribution in [2.24, 2.45) is 0 Å². The Labute approximate surface area is 129 Å². The molecule has 3 nitrogen and oxygen atoms in total. The lowest BCUT2D eigenvalue weighted by Crippen LogP contribution is -2.22. The van der Waals surface area contributed by atoms with Crippen molar-refractivity contribution in [1.82, 2.24) is 9.97 Å². The molecule has 0 saturated heterocycles. The summed E-state index contributed by atoms with van der Waals surface area (Å²) in [7, 11) is 1.93. The summed E-state index contributed by atoms with van der Waals surface area (Å²) in [6.45, 7) is 6.75. The van der Waals surface area contributed by atoms with Crippen molar-refractivity contribution in [1.29, 1.82) is 0 Å². The molecular weight excluding hydrogens is 289 g/mol. The number of nitrogens with zero attached hydrogens (tertiary/aromatic N) is 3. The summed E-state index contributed by atoms with van der Waals surface area (Å²) in [5.74, 6) is 1.22. The third kappa shape index (κ3) is 4.14. The second kappa shape index (κ2) is 5.98. The van der Waals surface area contributed by atoms with Crippen LogP contribution in [0, 0.1) is 5.82 Å². The molecule has 0 amide bonds. The van der Waals surface area contributed by atoms with Gasteiger partial charge in [0.2, 0.25) is 0 Å². The molecule has 21 heavy (non-hydrogen) atoms. The molecule has 112 valence electrons. The van der Waals surface area contributed by atoms with E-state index in [2.05, 4.69) is 9.97 Å². The normalized spacial score (nSPS) is 11.5. The minimum absolute atomic E-state index is 0.170. The van der Waals surface area contributed by atoms with Crippen LogP contribution in [-0.4, -0.2) is 17.0 Å². The Bertz CT molecular complexity index is 620. The van der Waals surface area contributed by atoms with Crippen LogP contribution in [0.15, 0.2) is 30.3 Å². The summed E-state index contributed by atoms with van der Waals surface area (Å²) in [5, 5.41) is 0.427. The number of halogens is 2. The lowest BCUT2D eigenvalue weighted by molar-refractivity contribution is 0.544. The summed E-state index contributed by atoms with van der Waals surface area (Å²) in [6.07, 6.45) is 0. The Balaban J connectivity index is 2.24. The van der Waals surface area contributed by atoms with Crippen LogP contribution in [0.5, 0.6) is 0 Å². The van der Waals surface area contributed by atoms with Crippen LogP contribution in [0.3, 0.4) is 0 Å². The number of anilines is 1. The second-order valence-corrected chi connectivity index (χ2v) is 6.49. The van der Waals surface area contributed by atoms with Crippen LogP contribution in [0.25, 0.3) is 0 Å². The van der Waals surface area contributed by atoms with Gasteiger partial charge in [0.25, 0.3) is 0 Å². The molecule has 2 rings (SSSR count). The van der Waals surface area contributed by atoms with Crippen LogP contribution in [0.1, 0.15) is 32.2 Å². The van der Waals surface area contributed by atoms with Crippen LogP contribution >= 0.6 is 11.6 Å². The first-order valence-electron chi connectivity index (χ1n) is 6.76. The molecule has 0 fully saturated rings. The van der Waals surface area contributed by atoms with E-state index in [0.29, 0.717) is 17.5 Å². The Kier molecular flexibility index (Phi) is 4.47. The van der Waals surface area contributed by atoms with Gasteiger partial charge in [-0.05, 0) is 17.7 Å². The quantitative estimate of drug-likeness (QED) is 0.796. The maximum atomic E-state index is 12.9. The molecule has 2 aromatic rings. The first-order valence-corrected chi connectivity index (χ1v) is 7.14. The van der Waals surface area contributed by atoms with Gasteiger partial charge in [0, 0.05) is 25.1 Å². The van der Waals surface area contributed by atoms with Gasteiger partial charge in [0.05, 0.1) is 0 Å². The molecule has 0 aliphatic rings. The van der Waals surface area contributed by atoms with E-state index < -0.39 is 0 Å². The number of hydrogen-bond donors (Lipinski definition) is 0. The standard InChI is InChI=1S/C16H19ClFN3/c1-16(2,3)15-19-13(17)9-14(20-15)21(4)10-11-5-7-12(18)8-6-11/h5-9H,10H2,1-4H3. The molecule has 0 saturated carbocycles. The zero-order valence-corrected chi connectivity index (χ0v) is 13.4.